The Morgan fingerprint density at radius 1 is 1.30 bits per heavy atom. The topological polar surface area (TPSA) is 84.2 Å². The molecule has 30 heavy (non-hydrogen) atoms. The Balaban J connectivity index is 1.46. The van der Waals surface area contributed by atoms with Gasteiger partial charge in [-0.15, -0.1) is 0 Å². The lowest BCUT2D eigenvalue weighted by Crippen LogP contribution is -2.43. The summed E-state index contributed by atoms with van der Waals surface area (Å²) in [5, 5.41) is 7.20. The van der Waals surface area contributed by atoms with Crippen molar-refractivity contribution in [3.8, 4) is 11.4 Å². The molecule has 1 aromatic carbocycles. The molecule has 7 nitrogen and oxygen atoms in total. The number of carbonyl (C=O) groups is 1. The van der Waals surface area contributed by atoms with Gasteiger partial charge in [-0.2, -0.15) is 4.98 Å². The molecule has 0 spiro atoms. The summed E-state index contributed by atoms with van der Waals surface area (Å²) in [4.78, 5) is 24.0. The Hall–Kier alpha value is -3.22. The average molecular weight is 406 g/mol. The van der Waals surface area contributed by atoms with E-state index in [0.717, 1.165) is 36.3 Å². The first-order valence-electron chi connectivity index (χ1n) is 10.5. The van der Waals surface area contributed by atoms with E-state index in [-0.39, 0.29) is 11.8 Å². The molecule has 0 bridgehead atoms. The Morgan fingerprint density at radius 2 is 2.20 bits per heavy atom. The zero-order valence-corrected chi connectivity index (χ0v) is 17.5. The lowest BCUT2D eigenvalue weighted by molar-refractivity contribution is -0.125. The third-order valence-corrected chi connectivity index (χ3v) is 5.44. The number of hydrogen-bond acceptors (Lipinski definition) is 6. The second-order valence-electron chi connectivity index (χ2n) is 7.73. The summed E-state index contributed by atoms with van der Waals surface area (Å²) in [6, 6.07) is 12.0. The van der Waals surface area contributed by atoms with Crippen molar-refractivity contribution >= 4 is 11.7 Å². The minimum atomic E-state index is -0.0742. The van der Waals surface area contributed by atoms with Crippen molar-refractivity contribution in [2.24, 2.45) is 5.92 Å². The van der Waals surface area contributed by atoms with Gasteiger partial charge in [0.2, 0.25) is 17.6 Å². The van der Waals surface area contributed by atoms with Gasteiger partial charge in [-0.05, 0) is 37.5 Å². The summed E-state index contributed by atoms with van der Waals surface area (Å²) >= 11 is 0. The fraction of sp³-hybridized carbons (Fsp3) is 0.391. The van der Waals surface area contributed by atoms with E-state index in [1.54, 1.807) is 6.20 Å². The first-order chi connectivity index (χ1) is 14.6. The van der Waals surface area contributed by atoms with Crippen LogP contribution in [0, 0.1) is 12.8 Å². The van der Waals surface area contributed by atoms with Gasteiger partial charge in [0.1, 0.15) is 5.82 Å². The first-order valence-corrected chi connectivity index (χ1v) is 10.5. The summed E-state index contributed by atoms with van der Waals surface area (Å²) < 4.78 is 5.28. The number of aromatic nitrogens is 3. The van der Waals surface area contributed by atoms with Gasteiger partial charge >= 0.3 is 0 Å². The number of amides is 1. The molecule has 1 fully saturated rings. The molecule has 3 aromatic rings. The predicted octanol–water partition coefficient (Wildman–Crippen LogP) is 3.54. The quantitative estimate of drug-likeness (QED) is 0.675. The van der Waals surface area contributed by atoms with Crippen molar-refractivity contribution < 1.29 is 9.32 Å². The summed E-state index contributed by atoms with van der Waals surface area (Å²) in [7, 11) is 0. The molecule has 156 valence electrons. The van der Waals surface area contributed by atoms with Crippen molar-refractivity contribution in [1.29, 1.82) is 0 Å². The van der Waals surface area contributed by atoms with Crippen LogP contribution in [0.2, 0.25) is 0 Å². The summed E-state index contributed by atoms with van der Waals surface area (Å²) in [5.41, 5.74) is 3.15. The number of carbonyl (C=O) groups excluding carboxylic acids is 1. The molecule has 1 N–H and O–H groups in total. The Morgan fingerprint density at radius 3 is 3.00 bits per heavy atom. The third kappa shape index (κ3) is 4.50. The molecule has 1 aliphatic rings. The minimum Gasteiger partial charge on any atom is -0.355 e. The smallest absolute Gasteiger partial charge is 0.226 e. The van der Waals surface area contributed by atoms with Crippen LogP contribution in [0.3, 0.4) is 0 Å². The van der Waals surface area contributed by atoms with Crippen LogP contribution in [0.4, 0.5) is 5.82 Å². The highest BCUT2D eigenvalue weighted by atomic mass is 16.5. The van der Waals surface area contributed by atoms with Crippen molar-refractivity contribution in [2.75, 3.05) is 18.0 Å². The molecular weight excluding hydrogens is 378 g/mol. The molecule has 1 saturated heterocycles. The number of benzene rings is 1. The molecule has 1 aliphatic heterocycles. The van der Waals surface area contributed by atoms with Crippen molar-refractivity contribution in [1.82, 2.24) is 20.4 Å². The van der Waals surface area contributed by atoms with Gasteiger partial charge in [0.05, 0.1) is 11.5 Å². The van der Waals surface area contributed by atoms with Crippen LogP contribution < -0.4 is 10.2 Å². The Labute approximate surface area is 176 Å². The van der Waals surface area contributed by atoms with E-state index in [0.29, 0.717) is 31.2 Å². The van der Waals surface area contributed by atoms with E-state index in [9.17, 15) is 4.79 Å². The standard InChI is InChI=1S/C23H27N5O2/c1-3-20-26-21(27-30-20)19-10-5-11-24-22(19)28-12-6-9-18(15-28)23(29)25-14-17-8-4-7-16(2)13-17/h4-5,7-8,10-11,13,18H,3,6,9,12,14-15H2,1-2H3,(H,25,29)/t18-/m0/s1. The predicted molar refractivity (Wildman–Crippen MR) is 115 cm³/mol. The van der Waals surface area contributed by atoms with Crippen LogP contribution in [0.5, 0.6) is 0 Å². The second-order valence-corrected chi connectivity index (χ2v) is 7.73. The zero-order chi connectivity index (χ0) is 20.9. The minimum absolute atomic E-state index is 0.0742. The van der Waals surface area contributed by atoms with Crippen molar-refractivity contribution in [3.05, 3.63) is 59.6 Å². The molecule has 3 heterocycles. The molecule has 2 aromatic heterocycles. The summed E-state index contributed by atoms with van der Waals surface area (Å²) in [6.45, 7) is 6.06. The first kappa shape index (κ1) is 20.1. The molecular formula is C23H27N5O2. The van der Waals surface area contributed by atoms with Crippen LogP contribution in [0.25, 0.3) is 11.4 Å². The maximum Gasteiger partial charge on any atom is 0.226 e. The highest BCUT2D eigenvalue weighted by Gasteiger charge is 2.28. The summed E-state index contributed by atoms with van der Waals surface area (Å²) in [6.07, 6.45) is 4.27. The molecule has 1 atom stereocenters. The molecule has 0 unspecified atom stereocenters. The van der Waals surface area contributed by atoms with Crippen LogP contribution in [-0.2, 0) is 17.8 Å². The zero-order valence-electron chi connectivity index (χ0n) is 17.5. The lowest BCUT2D eigenvalue weighted by atomic mass is 9.96. The van der Waals surface area contributed by atoms with Crippen LogP contribution in [0.1, 0.15) is 36.8 Å². The Bertz CT molecular complexity index is 1020. The van der Waals surface area contributed by atoms with Gasteiger partial charge in [0, 0.05) is 32.3 Å². The van der Waals surface area contributed by atoms with Gasteiger partial charge in [0.15, 0.2) is 0 Å². The SMILES string of the molecule is CCc1nc(-c2cccnc2N2CCC[C@H](C(=O)NCc3cccc(C)c3)C2)no1. The number of aryl methyl sites for hydroxylation is 2. The number of rotatable bonds is 6. The highest BCUT2D eigenvalue weighted by molar-refractivity contribution is 5.80. The number of anilines is 1. The van der Waals surface area contributed by atoms with E-state index >= 15 is 0 Å². The van der Waals surface area contributed by atoms with E-state index < -0.39 is 0 Å². The van der Waals surface area contributed by atoms with E-state index in [1.807, 2.05) is 31.2 Å². The maximum absolute atomic E-state index is 12.8. The highest BCUT2D eigenvalue weighted by Crippen LogP contribution is 2.30. The van der Waals surface area contributed by atoms with Crippen LogP contribution in [-0.4, -0.2) is 34.1 Å². The summed E-state index contributed by atoms with van der Waals surface area (Å²) in [5.74, 6) is 1.96. The average Bonchev–Trinajstić information content (AvgIpc) is 3.27. The molecule has 7 heteroatoms. The number of hydrogen-bond donors (Lipinski definition) is 1. The largest absolute Gasteiger partial charge is 0.355 e. The van der Waals surface area contributed by atoms with Crippen molar-refractivity contribution in [3.63, 3.8) is 0 Å². The van der Waals surface area contributed by atoms with Crippen LogP contribution in [0.15, 0.2) is 47.1 Å². The number of pyridine rings is 1. The number of nitrogens with one attached hydrogen (secondary N) is 1. The molecule has 0 aliphatic carbocycles. The second kappa shape index (κ2) is 9.07. The van der Waals surface area contributed by atoms with E-state index in [4.69, 9.17) is 4.52 Å². The van der Waals surface area contributed by atoms with Gasteiger partial charge in [-0.1, -0.05) is 41.9 Å². The number of piperidine rings is 1. The van der Waals surface area contributed by atoms with Crippen LogP contribution >= 0.6 is 0 Å². The van der Waals surface area contributed by atoms with Gasteiger partial charge in [-0.25, -0.2) is 4.98 Å². The van der Waals surface area contributed by atoms with Gasteiger partial charge in [0.25, 0.3) is 0 Å². The number of nitrogens with zero attached hydrogens (tertiary/aromatic N) is 4. The molecule has 0 saturated carbocycles. The van der Waals surface area contributed by atoms with Gasteiger partial charge < -0.3 is 14.7 Å². The van der Waals surface area contributed by atoms with Gasteiger partial charge in [-0.3, -0.25) is 4.79 Å². The lowest BCUT2D eigenvalue weighted by Gasteiger charge is -2.33. The molecule has 4 rings (SSSR count). The van der Waals surface area contributed by atoms with E-state index in [2.05, 4.69) is 44.4 Å². The monoisotopic (exact) mass is 405 g/mol. The third-order valence-electron chi connectivity index (χ3n) is 5.44. The normalized spacial score (nSPS) is 16.5. The maximum atomic E-state index is 12.8. The molecule has 0 radical (unpaired) electrons. The fourth-order valence-electron chi connectivity index (χ4n) is 3.87. The molecule has 1 amide bonds. The fourth-order valence-corrected chi connectivity index (χ4v) is 3.87. The Kier molecular flexibility index (Phi) is 6.07. The van der Waals surface area contributed by atoms with E-state index in [1.165, 1.54) is 5.56 Å². The van der Waals surface area contributed by atoms with Crippen molar-refractivity contribution in [2.45, 2.75) is 39.7 Å².